The van der Waals surface area contributed by atoms with Crippen LogP contribution < -0.4 is 15.1 Å². The van der Waals surface area contributed by atoms with Crippen molar-refractivity contribution in [3.05, 3.63) is 106 Å². The molecule has 7 nitrogen and oxygen atoms in total. The summed E-state index contributed by atoms with van der Waals surface area (Å²) in [6.07, 6.45) is 0.859. The van der Waals surface area contributed by atoms with E-state index < -0.39 is 11.8 Å². The normalized spacial score (nSPS) is 16.4. The van der Waals surface area contributed by atoms with Gasteiger partial charge in [-0.1, -0.05) is 61.0 Å². The van der Waals surface area contributed by atoms with Gasteiger partial charge in [-0.25, -0.2) is 4.90 Å². The second-order valence-electron chi connectivity index (χ2n) is 9.56. The smallest absolute Gasteiger partial charge is 0.283 e. The van der Waals surface area contributed by atoms with Crippen LogP contribution in [0, 0.1) is 0 Å². The number of aryl methyl sites for hydroxylation is 1. The van der Waals surface area contributed by atoms with Crippen LogP contribution in [0.4, 0.5) is 11.4 Å². The lowest BCUT2D eigenvalue weighted by Crippen LogP contribution is -3.13. The lowest BCUT2D eigenvalue weighted by atomic mass is 10.1. The Morgan fingerprint density at radius 2 is 1.53 bits per heavy atom. The topological polar surface area (TPSA) is 74.2 Å². The third-order valence-electron chi connectivity index (χ3n) is 7.09. The van der Waals surface area contributed by atoms with Crippen molar-refractivity contribution in [3.8, 4) is 0 Å². The molecule has 0 bridgehead atoms. The zero-order chi connectivity index (χ0) is 26.6. The van der Waals surface area contributed by atoms with Crippen molar-refractivity contribution in [3.63, 3.8) is 0 Å². The van der Waals surface area contributed by atoms with Crippen molar-refractivity contribution in [2.24, 2.45) is 0 Å². The summed E-state index contributed by atoms with van der Waals surface area (Å²) in [7, 11) is 0. The van der Waals surface area contributed by atoms with Gasteiger partial charge in [0.05, 0.1) is 31.9 Å². The van der Waals surface area contributed by atoms with Crippen LogP contribution in [-0.4, -0.2) is 48.8 Å². The summed E-state index contributed by atoms with van der Waals surface area (Å²) in [5.41, 5.74) is 4.05. The van der Waals surface area contributed by atoms with Crippen molar-refractivity contribution in [1.29, 1.82) is 0 Å². The van der Waals surface area contributed by atoms with Crippen molar-refractivity contribution < 1.29 is 19.3 Å². The highest BCUT2D eigenvalue weighted by molar-refractivity contribution is 6.53. The molecule has 0 aliphatic carbocycles. The molecular formula is C30H30ClN4O3+. The molecule has 3 aromatic carbocycles. The number of carbonyl (C=O) groups excluding carboxylic acids is 3. The quantitative estimate of drug-likeness (QED) is 0.461. The molecule has 0 unspecified atom stereocenters. The van der Waals surface area contributed by atoms with E-state index in [4.69, 9.17) is 11.6 Å². The van der Waals surface area contributed by atoms with E-state index in [-0.39, 0.29) is 16.6 Å². The zero-order valence-corrected chi connectivity index (χ0v) is 22.0. The molecular weight excluding hydrogens is 500 g/mol. The molecule has 0 saturated carbocycles. The molecule has 1 fully saturated rings. The maximum atomic E-state index is 13.1. The predicted molar refractivity (Wildman–Crippen MR) is 148 cm³/mol. The molecule has 1 saturated heterocycles. The molecule has 2 N–H and O–H groups in total. The number of benzene rings is 3. The average Bonchev–Trinajstić information content (AvgIpc) is 3.17. The van der Waals surface area contributed by atoms with Crippen LogP contribution in [-0.2, 0) is 22.6 Å². The fraction of sp³-hybridized carbons (Fsp3) is 0.233. The van der Waals surface area contributed by atoms with Crippen molar-refractivity contribution in [1.82, 2.24) is 4.90 Å². The third kappa shape index (κ3) is 5.35. The van der Waals surface area contributed by atoms with E-state index in [0.717, 1.165) is 36.5 Å². The van der Waals surface area contributed by atoms with Gasteiger partial charge in [-0.15, -0.1) is 0 Å². The van der Waals surface area contributed by atoms with Gasteiger partial charge in [0.2, 0.25) is 0 Å². The Labute approximate surface area is 227 Å². The van der Waals surface area contributed by atoms with Crippen LogP contribution in [0.1, 0.15) is 28.4 Å². The van der Waals surface area contributed by atoms with Crippen LogP contribution in [0.15, 0.2) is 89.6 Å². The van der Waals surface area contributed by atoms with Crippen molar-refractivity contribution in [2.45, 2.75) is 19.9 Å². The van der Waals surface area contributed by atoms with Crippen LogP contribution in [0.3, 0.4) is 0 Å². The van der Waals surface area contributed by atoms with Crippen LogP contribution >= 0.6 is 11.6 Å². The highest BCUT2D eigenvalue weighted by atomic mass is 35.5. The monoisotopic (exact) mass is 529 g/mol. The van der Waals surface area contributed by atoms with E-state index in [1.54, 1.807) is 36.4 Å². The molecule has 0 aromatic heterocycles. The molecule has 0 radical (unpaired) electrons. The summed E-state index contributed by atoms with van der Waals surface area (Å²) in [6, 6.07) is 24.6. The van der Waals surface area contributed by atoms with E-state index >= 15 is 0 Å². The van der Waals surface area contributed by atoms with Gasteiger partial charge in [-0.2, -0.15) is 0 Å². The van der Waals surface area contributed by atoms with Gasteiger partial charge in [0, 0.05) is 16.8 Å². The van der Waals surface area contributed by atoms with E-state index in [1.165, 1.54) is 10.5 Å². The number of hydrogen-bond donors (Lipinski definition) is 2. The first kappa shape index (κ1) is 25.7. The SMILES string of the molecule is CCc1ccc(N2C(=O)C(Cl)=C(Nc3ccc(C(=O)N4CC[NH+](Cc5ccccc5)CC4)cc3)C2=O)cc1. The maximum absolute atomic E-state index is 13.1. The predicted octanol–water partition coefficient (Wildman–Crippen LogP) is 3.23. The number of hydrogen-bond acceptors (Lipinski definition) is 4. The number of nitrogens with zero attached hydrogens (tertiary/aromatic N) is 2. The highest BCUT2D eigenvalue weighted by Gasteiger charge is 2.39. The summed E-state index contributed by atoms with van der Waals surface area (Å²) in [5, 5.41) is 2.81. The molecule has 2 aliphatic rings. The van der Waals surface area contributed by atoms with Crippen LogP contribution in [0.25, 0.3) is 0 Å². The van der Waals surface area contributed by atoms with E-state index in [9.17, 15) is 14.4 Å². The summed E-state index contributed by atoms with van der Waals surface area (Å²) in [5.74, 6) is -1.09. The highest BCUT2D eigenvalue weighted by Crippen LogP contribution is 2.30. The minimum Gasteiger partial charge on any atom is -0.350 e. The van der Waals surface area contributed by atoms with E-state index in [2.05, 4.69) is 29.6 Å². The molecule has 3 amide bonds. The fourth-order valence-corrected chi connectivity index (χ4v) is 5.05. The fourth-order valence-electron chi connectivity index (χ4n) is 4.84. The van der Waals surface area contributed by atoms with Gasteiger partial charge in [0.1, 0.15) is 17.3 Å². The number of rotatable bonds is 7. The van der Waals surface area contributed by atoms with Gasteiger partial charge in [0.25, 0.3) is 17.7 Å². The standard InChI is InChI=1S/C30H29ClN4O3/c1-2-21-8-14-25(15-9-21)35-29(37)26(31)27(30(35)38)32-24-12-10-23(11-13-24)28(36)34-18-16-33(17-19-34)20-22-6-4-3-5-7-22/h3-15,32H,2,16-20H2,1H3/p+1. The number of imide groups is 1. The molecule has 38 heavy (non-hydrogen) atoms. The minimum atomic E-state index is -0.566. The minimum absolute atomic E-state index is 0.0126. The second kappa shape index (κ2) is 11.2. The first-order valence-electron chi connectivity index (χ1n) is 12.9. The number of amides is 3. The third-order valence-corrected chi connectivity index (χ3v) is 7.44. The molecule has 3 aromatic rings. The van der Waals surface area contributed by atoms with Crippen molar-refractivity contribution in [2.75, 3.05) is 36.4 Å². The average molecular weight is 530 g/mol. The Kier molecular flexibility index (Phi) is 7.58. The van der Waals surface area contributed by atoms with Gasteiger partial charge in [-0.3, -0.25) is 14.4 Å². The lowest BCUT2D eigenvalue weighted by Gasteiger charge is -2.32. The number of nitrogens with one attached hydrogen (secondary N) is 2. The zero-order valence-electron chi connectivity index (χ0n) is 21.2. The Hall–Kier alpha value is -3.94. The number of anilines is 2. The van der Waals surface area contributed by atoms with Gasteiger partial charge in [-0.05, 0) is 48.4 Å². The second-order valence-corrected chi connectivity index (χ2v) is 9.94. The van der Waals surface area contributed by atoms with Crippen LogP contribution in [0.2, 0.25) is 0 Å². The molecule has 0 atom stereocenters. The molecule has 194 valence electrons. The Morgan fingerprint density at radius 1 is 0.868 bits per heavy atom. The first-order chi connectivity index (χ1) is 18.4. The Balaban J connectivity index is 1.19. The van der Waals surface area contributed by atoms with E-state index in [1.807, 2.05) is 30.0 Å². The molecule has 0 spiro atoms. The summed E-state index contributed by atoms with van der Waals surface area (Å²) in [6.45, 7) is 6.21. The maximum Gasteiger partial charge on any atom is 0.283 e. The largest absolute Gasteiger partial charge is 0.350 e. The summed E-state index contributed by atoms with van der Waals surface area (Å²) >= 11 is 6.27. The van der Waals surface area contributed by atoms with Gasteiger partial charge < -0.3 is 15.1 Å². The molecule has 8 heteroatoms. The molecule has 5 rings (SSSR count). The number of carbonyl (C=O) groups is 3. The van der Waals surface area contributed by atoms with Gasteiger partial charge >= 0.3 is 0 Å². The number of halogens is 1. The summed E-state index contributed by atoms with van der Waals surface area (Å²) in [4.78, 5) is 43.3. The first-order valence-corrected chi connectivity index (χ1v) is 13.2. The van der Waals surface area contributed by atoms with Crippen LogP contribution in [0.5, 0.6) is 0 Å². The molecule has 2 aliphatic heterocycles. The lowest BCUT2D eigenvalue weighted by molar-refractivity contribution is -0.917. The Morgan fingerprint density at radius 3 is 2.16 bits per heavy atom. The Bertz CT molecular complexity index is 1360. The van der Waals surface area contributed by atoms with Crippen molar-refractivity contribution >= 4 is 40.7 Å². The number of piperazine rings is 1. The molecule has 2 heterocycles. The van der Waals surface area contributed by atoms with Gasteiger partial charge in [0.15, 0.2) is 0 Å². The summed E-state index contributed by atoms with van der Waals surface area (Å²) < 4.78 is 0. The van der Waals surface area contributed by atoms with E-state index in [0.29, 0.717) is 30.0 Å². The number of quaternary nitrogens is 1.